The van der Waals surface area contributed by atoms with E-state index in [0.29, 0.717) is 5.56 Å². The van der Waals surface area contributed by atoms with Crippen molar-refractivity contribution in [2.45, 2.75) is 6.18 Å². The Morgan fingerprint density at radius 1 is 0.880 bits per heavy atom. The number of halogens is 3. The zero-order chi connectivity index (χ0) is 17.4. The molecule has 0 radical (unpaired) electrons. The second-order valence-electron chi connectivity index (χ2n) is 5.35. The van der Waals surface area contributed by atoms with E-state index in [1.54, 1.807) is 6.07 Å². The van der Waals surface area contributed by atoms with Crippen LogP contribution in [0.5, 0.6) is 0 Å². The molecule has 0 amide bonds. The van der Waals surface area contributed by atoms with Crippen LogP contribution in [0.25, 0.3) is 33.7 Å². The molecule has 0 unspecified atom stereocenters. The van der Waals surface area contributed by atoms with Crippen molar-refractivity contribution in [3.05, 3.63) is 66.4 Å². The monoisotopic (exact) mass is 341 g/mol. The van der Waals surface area contributed by atoms with Crippen molar-refractivity contribution in [3.63, 3.8) is 0 Å². The third kappa shape index (κ3) is 2.73. The number of benzene rings is 2. The summed E-state index contributed by atoms with van der Waals surface area (Å²) in [5.74, 6) is -0.0542. The molecule has 0 atom stereocenters. The van der Waals surface area contributed by atoms with E-state index >= 15 is 0 Å². The molecule has 0 aliphatic heterocycles. The number of fused-ring (bicyclic) bond motifs is 1. The van der Waals surface area contributed by atoms with Crippen molar-refractivity contribution >= 4 is 10.8 Å². The average Bonchev–Trinajstić information content (AvgIpc) is 3.10. The van der Waals surface area contributed by atoms with E-state index in [2.05, 4.69) is 15.1 Å². The molecule has 4 nitrogen and oxygen atoms in total. The number of hydrogen-bond donors (Lipinski definition) is 0. The Morgan fingerprint density at radius 2 is 1.68 bits per heavy atom. The maximum atomic E-state index is 13.1. The first kappa shape index (κ1) is 15.3. The molecule has 0 aliphatic carbocycles. The van der Waals surface area contributed by atoms with Gasteiger partial charge < -0.3 is 4.52 Å². The first-order valence-corrected chi connectivity index (χ1v) is 7.38. The molecule has 2 aromatic carbocycles. The first-order valence-electron chi connectivity index (χ1n) is 7.38. The van der Waals surface area contributed by atoms with Gasteiger partial charge in [-0.1, -0.05) is 41.6 Å². The normalized spacial score (nSPS) is 11.8. The summed E-state index contributed by atoms with van der Waals surface area (Å²) in [5.41, 5.74) is -0.605. The number of rotatable bonds is 2. The number of aromatic nitrogens is 3. The van der Waals surface area contributed by atoms with E-state index in [1.807, 2.05) is 36.4 Å². The molecule has 0 fully saturated rings. The topological polar surface area (TPSA) is 51.8 Å². The van der Waals surface area contributed by atoms with Crippen LogP contribution in [-0.4, -0.2) is 15.1 Å². The molecular weight excluding hydrogens is 331 g/mol. The molecule has 0 N–H and O–H groups in total. The highest BCUT2D eigenvalue weighted by molar-refractivity contribution is 5.94. The van der Waals surface area contributed by atoms with Gasteiger partial charge in [0.25, 0.3) is 5.89 Å². The lowest BCUT2D eigenvalue weighted by Gasteiger charge is -2.08. The van der Waals surface area contributed by atoms with Crippen LogP contribution in [0.1, 0.15) is 5.56 Å². The third-order valence-electron chi connectivity index (χ3n) is 3.77. The van der Waals surface area contributed by atoms with Gasteiger partial charge >= 0.3 is 6.18 Å². The van der Waals surface area contributed by atoms with Crippen LogP contribution < -0.4 is 0 Å². The van der Waals surface area contributed by atoms with E-state index in [-0.39, 0.29) is 17.4 Å². The van der Waals surface area contributed by atoms with Crippen LogP contribution in [0.4, 0.5) is 13.2 Å². The molecular formula is C18H10F3N3O. The number of hydrogen-bond acceptors (Lipinski definition) is 4. The summed E-state index contributed by atoms with van der Waals surface area (Å²) in [6.45, 7) is 0. The van der Waals surface area contributed by atoms with Gasteiger partial charge in [-0.05, 0) is 29.0 Å². The molecule has 4 aromatic rings. The summed E-state index contributed by atoms with van der Waals surface area (Å²) in [5, 5.41) is 5.53. The lowest BCUT2D eigenvalue weighted by atomic mass is 10.0. The first-order chi connectivity index (χ1) is 12.0. The Morgan fingerprint density at radius 3 is 2.52 bits per heavy atom. The fourth-order valence-corrected chi connectivity index (χ4v) is 2.65. The smallest absolute Gasteiger partial charge is 0.334 e. The summed E-state index contributed by atoms with van der Waals surface area (Å²) < 4.78 is 44.7. The lowest BCUT2D eigenvalue weighted by Crippen LogP contribution is -2.08. The predicted octanol–water partition coefficient (Wildman–Crippen LogP) is 4.97. The summed E-state index contributed by atoms with van der Waals surface area (Å²) in [7, 11) is 0. The van der Waals surface area contributed by atoms with Crippen LogP contribution in [0.15, 0.2) is 65.3 Å². The van der Waals surface area contributed by atoms with Gasteiger partial charge in [0.05, 0.1) is 5.56 Å². The molecule has 4 rings (SSSR count). The summed E-state index contributed by atoms with van der Waals surface area (Å²) in [6, 6.07) is 15.3. The standard InChI is InChI=1S/C18H10F3N3O/c19-18(20,21)14-9-4-10-22-15(14)16-23-17(25-24-16)13-8-3-6-11-5-1-2-7-12(11)13/h1-10H. The van der Waals surface area contributed by atoms with E-state index in [4.69, 9.17) is 4.52 Å². The van der Waals surface area contributed by atoms with Crippen LogP contribution in [0.3, 0.4) is 0 Å². The maximum absolute atomic E-state index is 13.1. The van der Waals surface area contributed by atoms with Gasteiger partial charge in [0, 0.05) is 11.8 Å². The van der Waals surface area contributed by atoms with Crippen LogP contribution in [0, 0.1) is 0 Å². The minimum atomic E-state index is -4.55. The SMILES string of the molecule is FC(F)(F)c1cccnc1-c1noc(-c2cccc3ccccc23)n1. The Hall–Kier alpha value is -3.22. The zero-order valence-electron chi connectivity index (χ0n) is 12.7. The van der Waals surface area contributed by atoms with Crippen molar-refractivity contribution in [3.8, 4) is 23.0 Å². The molecule has 2 aromatic heterocycles. The second kappa shape index (κ2) is 5.70. The van der Waals surface area contributed by atoms with Gasteiger partial charge in [0.2, 0.25) is 5.82 Å². The fourth-order valence-electron chi connectivity index (χ4n) is 2.65. The van der Waals surface area contributed by atoms with Gasteiger partial charge in [0.15, 0.2) is 0 Å². The number of alkyl halides is 3. The molecule has 0 saturated heterocycles. The second-order valence-corrected chi connectivity index (χ2v) is 5.35. The molecule has 0 spiro atoms. The van der Waals surface area contributed by atoms with E-state index in [9.17, 15) is 13.2 Å². The number of nitrogens with zero attached hydrogens (tertiary/aromatic N) is 3. The van der Waals surface area contributed by atoms with Crippen LogP contribution >= 0.6 is 0 Å². The lowest BCUT2D eigenvalue weighted by molar-refractivity contribution is -0.137. The minimum Gasteiger partial charge on any atom is -0.334 e. The Balaban J connectivity index is 1.84. The molecule has 0 saturated carbocycles. The largest absolute Gasteiger partial charge is 0.418 e. The van der Waals surface area contributed by atoms with E-state index < -0.39 is 11.7 Å². The molecule has 2 heterocycles. The van der Waals surface area contributed by atoms with Gasteiger partial charge in [-0.25, -0.2) is 0 Å². The van der Waals surface area contributed by atoms with Crippen molar-refractivity contribution < 1.29 is 17.7 Å². The van der Waals surface area contributed by atoms with Gasteiger partial charge in [-0.3, -0.25) is 4.98 Å². The van der Waals surface area contributed by atoms with Crippen LogP contribution in [0.2, 0.25) is 0 Å². The maximum Gasteiger partial charge on any atom is 0.418 e. The highest BCUT2D eigenvalue weighted by atomic mass is 19.4. The summed E-state index contributed by atoms with van der Waals surface area (Å²) >= 11 is 0. The van der Waals surface area contributed by atoms with Gasteiger partial charge in [-0.2, -0.15) is 18.2 Å². The highest BCUT2D eigenvalue weighted by Crippen LogP contribution is 2.35. The minimum absolute atomic E-state index is 0.144. The van der Waals surface area contributed by atoms with Crippen molar-refractivity contribution in [1.29, 1.82) is 0 Å². The molecule has 25 heavy (non-hydrogen) atoms. The van der Waals surface area contributed by atoms with Gasteiger partial charge in [-0.15, -0.1) is 0 Å². The van der Waals surface area contributed by atoms with Crippen LogP contribution in [-0.2, 0) is 6.18 Å². The Bertz CT molecular complexity index is 1050. The Kier molecular flexibility index (Phi) is 3.49. The van der Waals surface area contributed by atoms with Gasteiger partial charge in [0.1, 0.15) is 5.69 Å². The predicted molar refractivity (Wildman–Crippen MR) is 85.5 cm³/mol. The van der Waals surface area contributed by atoms with Crippen molar-refractivity contribution in [2.75, 3.05) is 0 Å². The highest BCUT2D eigenvalue weighted by Gasteiger charge is 2.35. The Labute approximate surface area is 139 Å². The number of pyridine rings is 1. The fraction of sp³-hybridized carbons (Fsp3) is 0.0556. The quantitative estimate of drug-likeness (QED) is 0.516. The van der Waals surface area contributed by atoms with Crippen molar-refractivity contribution in [2.24, 2.45) is 0 Å². The van der Waals surface area contributed by atoms with E-state index in [0.717, 1.165) is 16.8 Å². The van der Waals surface area contributed by atoms with Crippen molar-refractivity contribution in [1.82, 2.24) is 15.1 Å². The van der Waals surface area contributed by atoms with E-state index in [1.165, 1.54) is 12.3 Å². The summed E-state index contributed by atoms with van der Waals surface area (Å²) in [6.07, 6.45) is -3.29. The molecule has 124 valence electrons. The molecule has 0 bridgehead atoms. The summed E-state index contributed by atoms with van der Waals surface area (Å²) in [4.78, 5) is 7.91. The average molecular weight is 341 g/mol. The zero-order valence-corrected chi connectivity index (χ0v) is 12.7. The molecule has 7 heteroatoms. The molecule has 0 aliphatic rings. The third-order valence-corrected chi connectivity index (χ3v) is 3.77.